The van der Waals surface area contributed by atoms with E-state index in [2.05, 4.69) is 10.4 Å². The van der Waals surface area contributed by atoms with Gasteiger partial charge in [-0.25, -0.2) is 18.4 Å². The fourth-order valence-electron chi connectivity index (χ4n) is 3.75. The van der Waals surface area contributed by atoms with Gasteiger partial charge in [0.2, 0.25) is 4.77 Å². The average molecular weight is 491 g/mol. The van der Waals surface area contributed by atoms with Crippen molar-refractivity contribution in [2.75, 3.05) is 19.8 Å². The monoisotopic (exact) mass is 490 g/mol. The smallest absolute Gasteiger partial charge is 0.329 e. The minimum absolute atomic E-state index is 0.229. The molecule has 0 spiro atoms. The van der Waals surface area contributed by atoms with Crippen LogP contribution < -0.4 is 5.32 Å². The zero-order chi connectivity index (χ0) is 23.4. The quantitative estimate of drug-likeness (QED) is 0.263. The van der Waals surface area contributed by atoms with Crippen molar-refractivity contribution in [3.05, 3.63) is 81.6 Å². The second-order valence-corrected chi connectivity index (χ2v) is 8.41. The fourth-order valence-corrected chi connectivity index (χ4v) is 4.22. The molecular formula is C23H24ClFN4O3S. The van der Waals surface area contributed by atoms with E-state index in [1.54, 1.807) is 18.2 Å². The summed E-state index contributed by atoms with van der Waals surface area (Å²) in [6.07, 6.45) is 1.71. The Kier molecular flexibility index (Phi) is 7.23. The summed E-state index contributed by atoms with van der Waals surface area (Å²) in [6, 6.07) is 13.2. The van der Waals surface area contributed by atoms with Crippen LogP contribution in [0.3, 0.4) is 0 Å². The van der Waals surface area contributed by atoms with Gasteiger partial charge in [-0.2, -0.15) is 5.10 Å². The lowest BCUT2D eigenvalue weighted by Gasteiger charge is -2.14. The Morgan fingerprint density at radius 2 is 2.06 bits per heavy atom. The number of nitrogens with zero attached hydrogens (tertiary/aromatic N) is 3. The van der Waals surface area contributed by atoms with Crippen molar-refractivity contribution < 1.29 is 18.7 Å². The molecule has 33 heavy (non-hydrogen) atoms. The Labute approximate surface area is 201 Å². The number of hydrogen-bond acceptors (Lipinski definition) is 5. The first-order valence-corrected chi connectivity index (χ1v) is 11.4. The molecule has 0 aliphatic carbocycles. The molecule has 1 aromatic heterocycles. The second-order valence-electron chi connectivity index (χ2n) is 7.64. The number of benzene rings is 2. The van der Waals surface area contributed by atoms with E-state index in [1.165, 1.54) is 27.7 Å². The Morgan fingerprint density at radius 3 is 2.79 bits per heavy atom. The normalized spacial score (nSPS) is 19.4. The molecule has 3 aromatic rings. The summed E-state index contributed by atoms with van der Waals surface area (Å²) in [5, 5.41) is 7.70. The van der Waals surface area contributed by atoms with Crippen molar-refractivity contribution >= 4 is 29.8 Å². The number of carbonyl (C=O) groups excluding carboxylic acids is 1. The van der Waals surface area contributed by atoms with Gasteiger partial charge in [-0.15, -0.1) is 0 Å². The maximum atomic E-state index is 13.6. The van der Waals surface area contributed by atoms with E-state index >= 15 is 0 Å². The van der Waals surface area contributed by atoms with E-state index < -0.39 is 5.60 Å². The third-order valence-electron chi connectivity index (χ3n) is 5.50. The van der Waals surface area contributed by atoms with Crippen molar-refractivity contribution in [3.8, 4) is 0 Å². The highest BCUT2D eigenvalue weighted by molar-refractivity contribution is 7.71. The molecule has 2 atom stereocenters. The van der Waals surface area contributed by atoms with Gasteiger partial charge in [0.1, 0.15) is 23.8 Å². The molecule has 2 aromatic carbocycles. The van der Waals surface area contributed by atoms with Crippen molar-refractivity contribution in [2.45, 2.75) is 31.6 Å². The van der Waals surface area contributed by atoms with Crippen LogP contribution in [0.5, 0.6) is 0 Å². The zero-order valence-corrected chi connectivity index (χ0v) is 19.6. The third-order valence-corrected chi connectivity index (χ3v) is 6.25. The van der Waals surface area contributed by atoms with Gasteiger partial charge in [-0.05, 0) is 49.3 Å². The van der Waals surface area contributed by atoms with Crippen LogP contribution in [0.1, 0.15) is 30.6 Å². The summed E-state index contributed by atoms with van der Waals surface area (Å²) in [4.78, 5) is 12.5. The summed E-state index contributed by atoms with van der Waals surface area (Å²) >= 11 is 11.9. The molecule has 0 saturated carbocycles. The van der Waals surface area contributed by atoms with E-state index in [1.807, 2.05) is 25.1 Å². The molecule has 10 heteroatoms. The second kappa shape index (κ2) is 10.1. The zero-order valence-electron chi connectivity index (χ0n) is 18.0. The van der Waals surface area contributed by atoms with Gasteiger partial charge in [-0.3, -0.25) is 0 Å². The van der Waals surface area contributed by atoms with Crippen molar-refractivity contribution in [2.24, 2.45) is 0 Å². The highest BCUT2D eigenvalue weighted by Crippen LogP contribution is 2.59. The van der Waals surface area contributed by atoms with Crippen LogP contribution in [-0.4, -0.2) is 40.1 Å². The molecular weight excluding hydrogens is 467 g/mol. The molecule has 2 unspecified atom stereocenters. The molecule has 1 saturated heterocycles. The van der Waals surface area contributed by atoms with E-state index in [0.717, 1.165) is 11.1 Å². The number of nitrogens with one attached hydrogen (secondary N) is 1. The number of hydrogen-bond donors (Lipinski definition) is 1. The summed E-state index contributed by atoms with van der Waals surface area (Å²) in [6.45, 7) is 3.83. The molecule has 1 N–H and O–H groups in total. The Balaban J connectivity index is 1.56. The summed E-state index contributed by atoms with van der Waals surface area (Å²) in [5.41, 5.74) is 0.747. The summed E-state index contributed by atoms with van der Waals surface area (Å²) in [5.74, 6) is -0.342. The van der Waals surface area contributed by atoms with Gasteiger partial charge in [0.05, 0.1) is 6.54 Å². The molecule has 7 nitrogen and oxygen atoms in total. The molecule has 1 amide bonds. The number of rotatable bonds is 9. The van der Waals surface area contributed by atoms with Crippen molar-refractivity contribution in [1.82, 2.24) is 19.7 Å². The van der Waals surface area contributed by atoms with E-state index in [0.29, 0.717) is 31.2 Å². The molecule has 174 valence electrons. The molecule has 1 fully saturated rings. The lowest BCUT2D eigenvalue weighted by atomic mass is 9.91. The van der Waals surface area contributed by atoms with E-state index in [9.17, 15) is 9.18 Å². The lowest BCUT2D eigenvalue weighted by molar-refractivity contribution is 0.145. The molecule has 1 aliphatic heterocycles. The molecule has 4 rings (SSSR count). The fraction of sp³-hybridized carbons (Fsp3) is 0.348. The number of epoxide rings is 1. The van der Waals surface area contributed by atoms with E-state index in [4.69, 9.17) is 33.3 Å². The summed E-state index contributed by atoms with van der Waals surface area (Å²) < 4.78 is 28.1. The van der Waals surface area contributed by atoms with Crippen molar-refractivity contribution in [3.63, 3.8) is 0 Å². The SMILES string of the molecule is CCOCCCNC(=O)n1cnn(CC2(c3ccc(F)cc3)OC2c2ccccc2Cl)c1=S. The summed E-state index contributed by atoms with van der Waals surface area (Å²) in [7, 11) is 0. The van der Waals surface area contributed by atoms with Gasteiger partial charge >= 0.3 is 6.03 Å². The number of carbonyl (C=O) groups is 1. The third kappa shape index (κ3) is 5.01. The van der Waals surface area contributed by atoms with Crippen LogP contribution in [0.2, 0.25) is 5.02 Å². The van der Waals surface area contributed by atoms with Crippen LogP contribution in [0, 0.1) is 10.6 Å². The Morgan fingerprint density at radius 1 is 1.30 bits per heavy atom. The van der Waals surface area contributed by atoms with Gasteiger partial charge in [0, 0.05) is 30.3 Å². The highest BCUT2D eigenvalue weighted by atomic mass is 35.5. The first kappa shape index (κ1) is 23.6. The topological polar surface area (TPSA) is 73.6 Å². The van der Waals surface area contributed by atoms with Crippen LogP contribution in [0.4, 0.5) is 9.18 Å². The number of aromatic nitrogens is 3. The minimum Gasteiger partial charge on any atom is -0.382 e. The first-order valence-electron chi connectivity index (χ1n) is 10.6. The average Bonchev–Trinajstić information content (AvgIpc) is 3.42. The Bertz CT molecular complexity index is 1180. The molecule has 0 radical (unpaired) electrons. The largest absolute Gasteiger partial charge is 0.382 e. The highest BCUT2D eigenvalue weighted by Gasteiger charge is 2.59. The maximum absolute atomic E-state index is 13.6. The first-order chi connectivity index (χ1) is 16.0. The predicted octanol–water partition coefficient (Wildman–Crippen LogP) is 4.86. The maximum Gasteiger partial charge on any atom is 0.329 e. The lowest BCUT2D eigenvalue weighted by Crippen LogP contribution is -2.30. The molecule has 2 heterocycles. The minimum atomic E-state index is -0.843. The number of halogens is 2. The van der Waals surface area contributed by atoms with Crippen LogP contribution in [0.25, 0.3) is 0 Å². The van der Waals surface area contributed by atoms with Crippen molar-refractivity contribution in [1.29, 1.82) is 0 Å². The van der Waals surface area contributed by atoms with Crippen LogP contribution >= 0.6 is 23.8 Å². The van der Waals surface area contributed by atoms with E-state index in [-0.39, 0.29) is 29.3 Å². The van der Waals surface area contributed by atoms with Crippen LogP contribution in [0.15, 0.2) is 54.9 Å². The molecule has 1 aliphatic rings. The predicted molar refractivity (Wildman–Crippen MR) is 124 cm³/mol. The standard InChI is InChI=1S/C23H24ClFN4O3S/c1-2-31-13-5-12-26-21(30)28-15-27-29(22(28)33)14-23(16-8-10-17(25)11-9-16)20(32-23)18-6-3-4-7-19(18)24/h3-4,6-11,15,20H,2,5,12-14H2,1H3,(H,26,30). The van der Waals surface area contributed by atoms with Gasteiger partial charge in [0.25, 0.3) is 0 Å². The number of amides is 1. The molecule has 0 bridgehead atoms. The van der Waals surface area contributed by atoms with Crippen LogP contribution in [-0.2, 0) is 21.6 Å². The van der Waals surface area contributed by atoms with Gasteiger partial charge in [0.15, 0.2) is 0 Å². The Hall–Kier alpha value is -2.59. The van der Waals surface area contributed by atoms with Gasteiger partial charge in [-0.1, -0.05) is 41.9 Å². The number of ether oxygens (including phenoxy) is 2. The van der Waals surface area contributed by atoms with Gasteiger partial charge < -0.3 is 14.8 Å².